The minimum atomic E-state index is -1.23. The van der Waals surface area contributed by atoms with Gasteiger partial charge in [-0.2, -0.15) is 0 Å². The molecule has 1 aliphatic rings. The van der Waals surface area contributed by atoms with Crippen molar-refractivity contribution in [1.29, 1.82) is 0 Å². The minimum Gasteiger partial charge on any atom is -0.481 e. The predicted octanol–water partition coefficient (Wildman–Crippen LogP) is 1.43. The Labute approximate surface area is 117 Å². The maximum Gasteiger partial charge on any atom is 0.308 e. The van der Waals surface area contributed by atoms with E-state index < -0.39 is 29.9 Å². The molecule has 0 bridgehead atoms. The van der Waals surface area contributed by atoms with E-state index in [1.807, 2.05) is 6.07 Å². The van der Waals surface area contributed by atoms with Crippen molar-refractivity contribution in [1.82, 2.24) is 4.90 Å². The van der Waals surface area contributed by atoms with E-state index in [0.717, 1.165) is 0 Å². The fraction of sp³-hybridized carbons (Fsp3) is 0.467. The molecule has 20 heavy (non-hydrogen) atoms. The maximum atomic E-state index is 12.4. The van der Waals surface area contributed by atoms with Gasteiger partial charge in [0.15, 0.2) is 6.10 Å². The van der Waals surface area contributed by atoms with Crippen LogP contribution in [0.1, 0.15) is 31.4 Å². The monoisotopic (exact) mass is 277 g/mol. The summed E-state index contributed by atoms with van der Waals surface area (Å²) in [6.07, 6.45) is -0.0119. The number of carboxylic acid groups (broad SMARTS) is 1. The Hall–Kier alpha value is -1.88. The first-order valence-corrected chi connectivity index (χ1v) is 6.78. The summed E-state index contributed by atoms with van der Waals surface area (Å²) in [4.78, 5) is 25.0. The van der Waals surface area contributed by atoms with Gasteiger partial charge in [0.1, 0.15) is 0 Å². The van der Waals surface area contributed by atoms with Gasteiger partial charge < -0.3 is 15.1 Å². The number of nitrogens with zero attached hydrogens (tertiary/aromatic N) is 1. The Morgan fingerprint density at radius 3 is 2.55 bits per heavy atom. The van der Waals surface area contributed by atoms with Crippen LogP contribution in [0.5, 0.6) is 0 Å². The molecule has 0 aromatic heterocycles. The van der Waals surface area contributed by atoms with Crippen LogP contribution in [0, 0.1) is 5.92 Å². The quantitative estimate of drug-likeness (QED) is 0.876. The Morgan fingerprint density at radius 2 is 1.95 bits per heavy atom. The number of amides is 1. The summed E-state index contributed by atoms with van der Waals surface area (Å²) in [5, 5.41) is 19.3. The number of aliphatic carboxylic acids is 1. The number of carboxylic acids is 1. The fourth-order valence-corrected chi connectivity index (χ4v) is 2.72. The van der Waals surface area contributed by atoms with E-state index in [4.69, 9.17) is 5.11 Å². The summed E-state index contributed by atoms with van der Waals surface area (Å²) < 4.78 is 0. The molecule has 1 aromatic carbocycles. The van der Waals surface area contributed by atoms with Gasteiger partial charge in [0.25, 0.3) is 5.91 Å². The largest absolute Gasteiger partial charge is 0.481 e. The van der Waals surface area contributed by atoms with Crippen LogP contribution in [0.15, 0.2) is 30.3 Å². The van der Waals surface area contributed by atoms with Crippen molar-refractivity contribution in [3.05, 3.63) is 35.9 Å². The normalized spacial score (nSPS) is 24.2. The van der Waals surface area contributed by atoms with Gasteiger partial charge in [-0.3, -0.25) is 9.59 Å². The van der Waals surface area contributed by atoms with Gasteiger partial charge in [-0.1, -0.05) is 30.3 Å². The third-order valence-corrected chi connectivity index (χ3v) is 3.94. The molecular formula is C15H19NO4. The van der Waals surface area contributed by atoms with Crippen LogP contribution < -0.4 is 0 Å². The molecule has 0 spiro atoms. The summed E-state index contributed by atoms with van der Waals surface area (Å²) in [5.74, 6) is -1.87. The van der Waals surface area contributed by atoms with E-state index in [-0.39, 0.29) is 0 Å². The van der Waals surface area contributed by atoms with Crippen LogP contribution in [0.4, 0.5) is 0 Å². The van der Waals surface area contributed by atoms with Crippen molar-refractivity contribution in [2.45, 2.75) is 31.9 Å². The average Bonchev–Trinajstić information content (AvgIpc) is 2.46. The second-order valence-corrected chi connectivity index (χ2v) is 5.17. The SMILES string of the molecule is C[C@@H]1[C@H](C(=O)O)CCCN1C(=O)C(O)c1ccccc1. The zero-order chi connectivity index (χ0) is 14.7. The Balaban J connectivity index is 2.14. The molecule has 2 rings (SSSR count). The molecule has 1 amide bonds. The van der Waals surface area contributed by atoms with Gasteiger partial charge in [0, 0.05) is 12.6 Å². The molecule has 0 radical (unpaired) electrons. The number of benzene rings is 1. The van der Waals surface area contributed by atoms with Crippen LogP contribution in [-0.2, 0) is 9.59 Å². The van der Waals surface area contributed by atoms with Gasteiger partial charge >= 0.3 is 5.97 Å². The van der Waals surface area contributed by atoms with E-state index in [0.29, 0.717) is 24.9 Å². The number of hydrogen-bond donors (Lipinski definition) is 2. The summed E-state index contributed by atoms with van der Waals surface area (Å²) in [6.45, 7) is 2.22. The first-order valence-electron chi connectivity index (χ1n) is 6.78. The third-order valence-electron chi connectivity index (χ3n) is 3.94. The third kappa shape index (κ3) is 2.82. The summed E-state index contributed by atoms with van der Waals surface area (Å²) in [6, 6.07) is 8.30. The molecule has 1 saturated heterocycles. The van der Waals surface area contributed by atoms with Gasteiger partial charge in [-0.05, 0) is 25.3 Å². The highest BCUT2D eigenvalue weighted by Gasteiger charge is 2.37. The van der Waals surface area contributed by atoms with Gasteiger partial charge in [-0.25, -0.2) is 0 Å². The average molecular weight is 277 g/mol. The molecule has 3 atom stereocenters. The van der Waals surface area contributed by atoms with Crippen LogP contribution in [0.25, 0.3) is 0 Å². The van der Waals surface area contributed by atoms with Crippen molar-refractivity contribution < 1.29 is 19.8 Å². The predicted molar refractivity (Wildman–Crippen MR) is 72.9 cm³/mol. The van der Waals surface area contributed by atoms with E-state index in [1.54, 1.807) is 31.2 Å². The highest BCUT2D eigenvalue weighted by molar-refractivity contribution is 5.83. The fourth-order valence-electron chi connectivity index (χ4n) is 2.72. The summed E-state index contributed by atoms with van der Waals surface area (Å²) in [5.41, 5.74) is 0.530. The summed E-state index contributed by atoms with van der Waals surface area (Å²) >= 11 is 0. The summed E-state index contributed by atoms with van der Waals surface area (Å²) in [7, 11) is 0. The number of hydrogen-bond acceptors (Lipinski definition) is 3. The number of piperidine rings is 1. The van der Waals surface area contributed by atoms with E-state index >= 15 is 0 Å². The van der Waals surface area contributed by atoms with Crippen molar-refractivity contribution in [2.75, 3.05) is 6.54 Å². The Morgan fingerprint density at radius 1 is 1.30 bits per heavy atom. The number of aliphatic hydroxyl groups is 1. The Kier molecular flexibility index (Phi) is 4.39. The molecule has 1 aromatic rings. The molecule has 1 aliphatic heterocycles. The lowest BCUT2D eigenvalue weighted by molar-refractivity contribution is -0.153. The molecule has 5 heteroatoms. The van der Waals surface area contributed by atoms with Crippen LogP contribution in [-0.4, -0.2) is 39.6 Å². The highest BCUT2D eigenvalue weighted by Crippen LogP contribution is 2.27. The van der Waals surface area contributed by atoms with Crippen molar-refractivity contribution in [2.24, 2.45) is 5.92 Å². The second-order valence-electron chi connectivity index (χ2n) is 5.17. The van der Waals surface area contributed by atoms with Crippen LogP contribution in [0.2, 0.25) is 0 Å². The van der Waals surface area contributed by atoms with Gasteiger partial charge in [0.05, 0.1) is 5.92 Å². The van der Waals surface area contributed by atoms with E-state index in [1.165, 1.54) is 4.90 Å². The standard InChI is InChI=1S/C15H19NO4/c1-10-12(15(19)20)8-5-9-16(10)14(18)13(17)11-6-3-2-4-7-11/h2-4,6-7,10,12-13,17H,5,8-9H2,1H3,(H,19,20)/t10-,12-,13?/m1/s1. The number of rotatable bonds is 3. The topological polar surface area (TPSA) is 77.8 Å². The molecule has 5 nitrogen and oxygen atoms in total. The first kappa shape index (κ1) is 14.5. The zero-order valence-electron chi connectivity index (χ0n) is 11.4. The zero-order valence-corrected chi connectivity index (χ0v) is 11.4. The first-order chi connectivity index (χ1) is 9.52. The number of aliphatic hydroxyl groups excluding tert-OH is 1. The molecule has 1 fully saturated rings. The van der Waals surface area contributed by atoms with Crippen LogP contribution in [0.3, 0.4) is 0 Å². The van der Waals surface area contributed by atoms with Gasteiger partial charge in [0.2, 0.25) is 0 Å². The van der Waals surface area contributed by atoms with E-state index in [2.05, 4.69) is 0 Å². The second kappa shape index (κ2) is 6.05. The lowest BCUT2D eigenvalue weighted by atomic mass is 9.89. The number of carbonyl (C=O) groups excluding carboxylic acids is 1. The van der Waals surface area contributed by atoms with Crippen LogP contribution >= 0.6 is 0 Å². The lowest BCUT2D eigenvalue weighted by Crippen LogP contribution is -2.50. The van der Waals surface area contributed by atoms with E-state index in [9.17, 15) is 14.7 Å². The molecular weight excluding hydrogens is 258 g/mol. The minimum absolute atomic E-state index is 0.396. The number of likely N-dealkylation sites (tertiary alicyclic amines) is 1. The van der Waals surface area contributed by atoms with Crippen molar-refractivity contribution >= 4 is 11.9 Å². The molecule has 1 unspecified atom stereocenters. The lowest BCUT2D eigenvalue weighted by Gasteiger charge is -2.38. The Bertz CT molecular complexity index is 488. The highest BCUT2D eigenvalue weighted by atomic mass is 16.4. The smallest absolute Gasteiger partial charge is 0.308 e. The molecule has 1 heterocycles. The molecule has 108 valence electrons. The maximum absolute atomic E-state index is 12.4. The molecule has 0 aliphatic carbocycles. The van der Waals surface area contributed by atoms with Gasteiger partial charge in [-0.15, -0.1) is 0 Å². The number of carbonyl (C=O) groups is 2. The molecule has 2 N–H and O–H groups in total. The van der Waals surface area contributed by atoms with Crippen molar-refractivity contribution in [3.63, 3.8) is 0 Å². The van der Waals surface area contributed by atoms with Crippen molar-refractivity contribution in [3.8, 4) is 0 Å². The molecule has 0 saturated carbocycles.